The van der Waals surface area contributed by atoms with Gasteiger partial charge in [0.15, 0.2) is 0 Å². The molecule has 0 atom stereocenters. The van der Waals surface area contributed by atoms with Crippen molar-refractivity contribution in [2.24, 2.45) is 0 Å². The highest BCUT2D eigenvalue weighted by atomic mass is 79.9. The van der Waals surface area contributed by atoms with Gasteiger partial charge in [-0.1, -0.05) is 6.07 Å². The monoisotopic (exact) mass is 399 g/mol. The number of amides is 1. The number of carbonyl (C=O) groups is 1. The average Bonchev–Trinajstić information content (AvgIpc) is 2.62. The molecular weight excluding hydrogens is 385 g/mol. The highest BCUT2D eigenvalue weighted by Crippen LogP contribution is 2.22. The van der Waals surface area contributed by atoms with E-state index < -0.39 is 5.82 Å². The second kappa shape index (κ2) is 7.98. The van der Waals surface area contributed by atoms with Crippen molar-refractivity contribution in [3.63, 3.8) is 0 Å². The minimum absolute atomic E-state index is 0.187. The van der Waals surface area contributed by atoms with Gasteiger partial charge < -0.3 is 4.90 Å². The van der Waals surface area contributed by atoms with Gasteiger partial charge in [0.2, 0.25) is 0 Å². The molecule has 2 aromatic heterocycles. The van der Waals surface area contributed by atoms with Crippen LogP contribution in [0.15, 0.2) is 71.7 Å². The largest absolute Gasteiger partial charge is 0.330 e. The Morgan fingerprint density at radius 2 is 1.76 bits per heavy atom. The lowest BCUT2D eigenvalue weighted by atomic mass is 10.1. The SMILES string of the molecule is O=C(c1ccc(F)cc1Br)N(Cc1ccncc1)Cc1cccnc1. The summed E-state index contributed by atoms with van der Waals surface area (Å²) in [6.07, 6.45) is 6.80. The zero-order chi connectivity index (χ0) is 17.6. The van der Waals surface area contributed by atoms with Crippen molar-refractivity contribution in [1.82, 2.24) is 14.9 Å². The van der Waals surface area contributed by atoms with Crippen LogP contribution in [-0.4, -0.2) is 20.8 Å². The van der Waals surface area contributed by atoms with E-state index in [1.807, 2.05) is 24.3 Å². The van der Waals surface area contributed by atoms with E-state index >= 15 is 0 Å². The van der Waals surface area contributed by atoms with Gasteiger partial charge in [-0.05, 0) is 63.5 Å². The molecule has 1 aromatic carbocycles. The van der Waals surface area contributed by atoms with Crippen molar-refractivity contribution in [2.75, 3.05) is 0 Å². The van der Waals surface area contributed by atoms with Crippen LogP contribution in [-0.2, 0) is 13.1 Å². The molecule has 0 unspecified atom stereocenters. The first-order valence-electron chi connectivity index (χ1n) is 7.65. The molecule has 3 aromatic rings. The van der Waals surface area contributed by atoms with Crippen LogP contribution in [0, 0.1) is 5.82 Å². The van der Waals surface area contributed by atoms with Crippen molar-refractivity contribution in [2.45, 2.75) is 13.1 Å². The first-order chi connectivity index (χ1) is 12.1. The minimum Gasteiger partial charge on any atom is -0.330 e. The molecule has 0 bridgehead atoms. The van der Waals surface area contributed by atoms with Crippen molar-refractivity contribution in [3.8, 4) is 0 Å². The molecule has 0 radical (unpaired) electrons. The fourth-order valence-corrected chi connectivity index (χ4v) is 2.97. The molecule has 25 heavy (non-hydrogen) atoms. The van der Waals surface area contributed by atoms with Crippen LogP contribution in [0.25, 0.3) is 0 Å². The molecule has 0 saturated heterocycles. The van der Waals surface area contributed by atoms with Crippen LogP contribution in [0.2, 0.25) is 0 Å². The van der Waals surface area contributed by atoms with E-state index in [0.29, 0.717) is 23.1 Å². The maximum atomic E-state index is 13.3. The first kappa shape index (κ1) is 17.2. The van der Waals surface area contributed by atoms with Crippen LogP contribution in [0.5, 0.6) is 0 Å². The Labute approximate surface area is 153 Å². The van der Waals surface area contributed by atoms with Crippen LogP contribution in [0.1, 0.15) is 21.5 Å². The first-order valence-corrected chi connectivity index (χ1v) is 8.45. The molecule has 0 spiro atoms. The van der Waals surface area contributed by atoms with E-state index in [1.165, 1.54) is 18.2 Å². The molecule has 0 N–H and O–H groups in total. The fourth-order valence-electron chi connectivity index (χ4n) is 2.45. The smallest absolute Gasteiger partial charge is 0.255 e. The predicted octanol–water partition coefficient (Wildman–Crippen LogP) is 4.22. The summed E-state index contributed by atoms with van der Waals surface area (Å²) in [5, 5.41) is 0. The van der Waals surface area contributed by atoms with Crippen LogP contribution < -0.4 is 0 Å². The molecule has 6 heteroatoms. The molecule has 3 rings (SSSR count). The van der Waals surface area contributed by atoms with Crippen molar-refractivity contribution in [3.05, 3.63) is 94.2 Å². The van der Waals surface area contributed by atoms with Crippen molar-refractivity contribution in [1.29, 1.82) is 0 Å². The van der Waals surface area contributed by atoms with E-state index in [1.54, 1.807) is 29.7 Å². The Bertz CT molecular complexity index is 818. The molecule has 126 valence electrons. The number of pyridine rings is 2. The lowest BCUT2D eigenvalue weighted by molar-refractivity contribution is 0.0729. The zero-order valence-corrected chi connectivity index (χ0v) is 14.9. The number of halogens is 2. The summed E-state index contributed by atoms with van der Waals surface area (Å²) in [5.41, 5.74) is 2.30. The molecule has 0 fully saturated rings. The van der Waals surface area contributed by atoms with Gasteiger partial charge in [0, 0.05) is 42.3 Å². The highest BCUT2D eigenvalue weighted by molar-refractivity contribution is 9.10. The van der Waals surface area contributed by atoms with Crippen LogP contribution in [0.3, 0.4) is 0 Å². The molecule has 1 amide bonds. The van der Waals surface area contributed by atoms with Crippen molar-refractivity contribution < 1.29 is 9.18 Å². The number of hydrogen-bond donors (Lipinski definition) is 0. The number of hydrogen-bond acceptors (Lipinski definition) is 3. The molecule has 0 aliphatic rings. The average molecular weight is 400 g/mol. The Kier molecular flexibility index (Phi) is 5.50. The van der Waals surface area contributed by atoms with E-state index in [-0.39, 0.29) is 5.91 Å². The highest BCUT2D eigenvalue weighted by Gasteiger charge is 2.19. The molecule has 0 saturated carbocycles. The van der Waals surface area contributed by atoms with E-state index in [2.05, 4.69) is 25.9 Å². The quantitative estimate of drug-likeness (QED) is 0.644. The summed E-state index contributed by atoms with van der Waals surface area (Å²) in [4.78, 5) is 22.8. The molecule has 0 aliphatic carbocycles. The van der Waals surface area contributed by atoms with E-state index in [0.717, 1.165) is 11.1 Å². The third-order valence-electron chi connectivity index (χ3n) is 3.67. The fraction of sp³-hybridized carbons (Fsp3) is 0.105. The normalized spacial score (nSPS) is 10.5. The van der Waals surface area contributed by atoms with Gasteiger partial charge in [-0.15, -0.1) is 0 Å². The summed E-state index contributed by atoms with van der Waals surface area (Å²) in [6.45, 7) is 0.818. The number of nitrogens with zero attached hydrogens (tertiary/aromatic N) is 3. The minimum atomic E-state index is -0.392. The summed E-state index contributed by atoms with van der Waals surface area (Å²) >= 11 is 3.28. The lowest BCUT2D eigenvalue weighted by Crippen LogP contribution is -2.30. The van der Waals surface area contributed by atoms with Crippen LogP contribution >= 0.6 is 15.9 Å². The van der Waals surface area contributed by atoms with Gasteiger partial charge in [-0.25, -0.2) is 4.39 Å². The summed E-state index contributed by atoms with van der Waals surface area (Å²) in [6, 6.07) is 11.5. The molecule has 0 aliphatic heterocycles. The molecule has 2 heterocycles. The second-order valence-corrected chi connectivity index (χ2v) is 6.36. The Morgan fingerprint density at radius 3 is 2.44 bits per heavy atom. The zero-order valence-electron chi connectivity index (χ0n) is 13.3. The van der Waals surface area contributed by atoms with Gasteiger partial charge in [0.1, 0.15) is 5.82 Å². The van der Waals surface area contributed by atoms with Crippen molar-refractivity contribution >= 4 is 21.8 Å². The van der Waals surface area contributed by atoms with Gasteiger partial charge in [-0.3, -0.25) is 14.8 Å². The van der Waals surface area contributed by atoms with Gasteiger partial charge >= 0.3 is 0 Å². The van der Waals surface area contributed by atoms with Gasteiger partial charge in [0.05, 0.1) is 5.56 Å². The summed E-state index contributed by atoms with van der Waals surface area (Å²) in [5.74, 6) is -0.580. The van der Waals surface area contributed by atoms with E-state index in [9.17, 15) is 9.18 Å². The number of benzene rings is 1. The second-order valence-electron chi connectivity index (χ2n) is 5.50. The summed E-state index contributed by atoms with van der Waals surface area (Å²) < 4.78 is 13.8. The lowest BCUT2D eigenvalue weighted by Gasteiger charge is -2.23. The van der Waals surface area contributed by atoms with E-state index in [4.69, 9.17) is 0 Å². The third-order valence-corrected chi connectivity index (χ3v) is 4.32. The number of aromatic nitrogens is 2. The summed E-state index contributed by atoms with van der Waals surface area (Å²) in [7, 11) is 0. The topological polar surface area (TPSA) is 46.1 Å². The predicted molar refractivity (Wildman–Crippen MR) is 96.2 cm³/mol. The van der Waals surface area contributed by atoms with Gasteiger partial charge in [-0.2, -0.15) is 0 Å². The number of carbonyl (C=O) groups excluding carboxylic acids is 1. The van der Waals surface area contributed by atoms with Gasteiger partial charge in [0.25, 0.3) is 5.91 Å². The Balaban J connectivity index is 1.90. The molecule has 4 nitrogen and oxygen atoms in total. The Hall–Kier alpha value is -2.60. The maximum absolute atomic E-state index is 13.3. The Morgan fingerprint density at radius 1 is 1.00 bits per heavy atom. The molecular formula is C19H15BrFN3O. The van der Waals surface area contributed by atoms with Crippen LogP contribution in [0.4, 0.5) is 4.39 Å². The third kappa shape index (κ3) is 4.48. The number of rotatable bonds is 5. The maximum Gasteiger partial charge on any atom is 0.255 e. The standard InChI is InChI=1S/C19H15BrFN3O/c20-18-10-16(21)3-4-17(18)19(25)24(12-14-5-8-22-9-6-14)13-15-2-1-7-23-11-15/h1-11H,12-13H2.